The number of aromatic nitrogens is 1. The first-order chi connectivity index (χ1) is 12.7. The summed E-state index contributed by atoms with van der Waals surface area (Å²) >= 11 is 0. The molecule has 1 unspecified atom stereocenters. The number of methoxy groups -OCH3 is 1. The smallest absolute Gasteiger partial charge is 0.335 e. The number of hydrogen-bond acceptors (Lipinski definition) is 6. The van der Waals surface area contributed by atoms with Crippen molar-refractivity contribution >= 4 is 5.97 Å². The zero-order valence-electron chi connectivity index (χ0n) is 15.4. The van der Waals surface area contributed by atoms with Gasteiger partial charge in [0.1, 0.15) is 18.1 Å². The summed E-state index contributed by atoms with van der Waals surface area (Å²) in [6, 6.07) is 11.2. The van der Waals surface area contributed by atoms with Gasteiger partial charge in [0, 0.05) is 25.3 Å². The van der Waals surface area contributed by atoms with Gasteiger partial charge in [0.2, 0.25) is 0 Å². The van der Waals surface area contributed by atoms with Crippen LogP contribution in [0.25, 0.3) is 0 Å². The van der Waals surface area contributed by atoms with Crippen LogP contribution in [0.15, 0.2) is 42.6 Å². The number of rotatable bonds is 10. The standard InChI is InChI=1S/C20H25NO5/c1-4-24-19(20(22)25-5-2)12-15-6-8-17(9-7-15)26-14-16-13-18(23-3)10-11-21-16/h6-11,13,19H,4-5,12,14H2,1-3H3. The second-order valence-corrected chi connectivity index (χ2v) is 5.52. The number of benzene rings is 1. The van der Waals surface area contributed by atoms with E-state index in [1.807, 2.05) is 37.3 Å². The maximum absolute atomic E-state index is 11.9. The number of pyridine rings is 1. The van der Waals surface area contributed by atoms with E-state index in [1.54, 1.807) is 26.3 Å². The Balaban J connectivity index is 1.93. The van der Waals surface area contributed by atoms with Gasteiger partial charge in [0.15, 0.2) is 6.10 Å². The molecule has 0 aliphatic heterocycles. The van der Waals surface area contributed by atoms with Gasteiger partial charge in [-0.25, -0.2) is 4.79 Å². The SMILES string of the molecule is CCOC(=O)C(Cc1ccc(OCc2cc(OC)ccn2)cc1)OCC. The molecule has 0 aliphatic rings. The molecule has 0 saturated heterocycles. The maximum Gasteiger partial charge on any atom is 0.335 e. The lowest BCUT2D eigenvalue weighted by atomic mass is 10.1. The van der Waals surface area contributed by atoms with Crippen LogP contribution in [-0.4, -0.2) is 37.4 Å². The van der Waals surface area contributed by atoms with Crippen LogP contribution in [0.5, 0.6) is 11.5 Å². The number of carbonyl (C=O) groups is 1. The third-order valence-corrected chi connectivity index (χ3v) is 3.67. The van der Waals surface area contributed by atoms with Gasteiger partial charge in [-0.05, 0) is 37.6 Å². The molecule has 0 amide bonds. The van der Waals surface area contributed by atoms with E-state index in [-0.39, 0.29) is 5.97 Å². The third kappa shape index (κ3) is 6.04. The van der Waals surface area contributed by atoms with Gasteiger partial charge >= 0.3 is 5.97 Å². The average molecular weight is 359 g/mol. The quantitative estimate of drug-likeness (QED) is 0.607. The minimum absolute atomic E-state index is 0.334. The first kappa shape index (κ1) is 19.7. The Kier molecular flexibility index (Phi) is 7.89. The Labute approximate surface area is 154 Å². The Bertz CT molecular complexity index is 687. The molecule has 0 bridgehead atoms. The van der Waals surface area contributed by atoms with Gasteiger partial charge in [-0.2, -0.15) is 0 Å². The number of ether oxygens (including phenoxy) is 4. The highest BCUT2D eigenvalue weighted by molar-refractivity contribution is 5.75. The van der Waals surface area contributed by atoms with Crippen LogP contribution in [0.3, 0.4) is 0 Å². The topological polar surface area (TPSA) is 66.9 Å². The lowest BCUT2D eigenvalue weighted by Crippen LogP contribution is -2.28. The first-order valence-electron chi connectivity index (χ1n) is 8.65. The second kappa shape index (κ2) is 10.4. The lowest BCUT2D eigenvalue weighted by molar-refractivity contribution is -0.156. The van der Waals surface area contributed by atoms with Crippen LogP contribution < -0.4 is 9.47 Å². The summed E-state index contributed by atoms with van der Waals surface area (Å²) in [6.45, 7) is 4.78. The molecule has 6 heteroatoms. The van der Waals surface area contributed by atoms with Crippen molar-refractivity contribution in [3.63, 3.8) is 0 Å². The van der Waals surface area contributed by atoms with Crippen molar-refractivity contribution in [2.24, 2.45) is 0 Å². The predicted molar refractivity (Wildman–Crippen MR) is 97.3 cm³/mol. The summed E-state index contributed by atoms with van der Waals surface area (Å²) in [5.74, 6) is 1.14. The summed E-state index contributed by atoms with van der Waals surface area (Å²) in [7, 11) is 1.62. The van der Waals surface area contributed by atoms with Crippen LogP contribution in [0.1, 0.15) is 25.1 Å². The molecule has 1 aromatic heterocycles. The van der Waals surface area contributed by atoms with E-state index in [1.165, 1.54) is 0 Å². The summed E-state index contributed by atoms with van der Waals surface area (Å²) < 4.78 is 21.5. The van der Waals surface area contributed by atoms with E-state index < -0.39 is 6.10 Å². The van der Waals surface area contributed by atoms with Crippen LogP contribution in [0.4, 0.5) is 0 Å². The van der Waals surface area contributed by atoms with Gasteiger partial charge in [0.25, 0.3) is 0 Å². The van der Waals surface area contributed by atoms with Crippen molar-refractivity contribution in [3.8, 4) is 11.5 Å². The number of hydrogen-bond donors (Lipinski definition) is 0. The molecule has 1 aromatic carbocycles. The van der Waals surface area contributed by atoms with Crippen molar-refractivity contribution < 1.29 is 23.7 Å². The van der Waals surface area contributed by atoms with Crippen LogP contribution in [0.2, 0.25) is 0 Å². The molecule has 2 aromatic rings. The van der Waals surface area contributed by atoms with Crippen molar-refractivity contribution in [2.45, 2.75) is 33.0 Å². The minimum atomic E-state index is -0.590. The highest BCUT2D eigenvalue weighted by Crippen LogP contribution is 2.17. The fourth-order valence-corrected chi connectivity index (χ4v) is 2.40. The summed E-state index contributed by atoms with van der Waals surface area (Å²) in [5, 5.41) is 0. The van der Waals surface area contributed by atoms with Gasteiger partial charge in [-0.15, -0.1) is 0 Å². The molecule has 0 N–H and O–H groups in total. The zero-order chi connectivity index (χ0) is 18.8. The Hall–Kier alpha value is -2.60. The van der Waals surface area contributed by atoms with Crippen molar-refractivity contribution in [1.82, 2.24) is 4.98 Å². The first-order valence-corrected chi connectivity index (χ1v) is 8.65. The van der Waals surface area contributed by atoms with Crippen molar-refractivity contribution in [2.75, 3.05) is 20.3 Å². The molecule has 0 saturated carbocycles. The van der Waals surface area contributed by atoms with Crippen molar-refractivity contribution in [1.29, 1.82) is 0 Å². The number of nitrogens with zero attached hydrogens (tertiary/aromatic N) is 1. The lowest BCUT2D eigenvalue weighted by Gasteiger charge is -2.15. The second-order valence-electron chi connectivity index (χ2n) is 5.52. The fourth-order valence-electron chi connectivity index (χ4n) is 2.40. The van der Waals surface area contributed by atoms with Crippen LogP contribution >= 0.6 is 0 Å². The maximum atomic E-state index is 11.9. The van der Waals surface area contributed by atoms with E-state index >= 15 is 0 Å². The Morgan fingerprint density at radius 2 is 1.85 bits per heavy atom. The minimum Gasteiger partial charge on any atom is -0.497 e. The van der Waals surface area contributed by atoms with E-state index in [4.69, 9.17) is 18.9 Å². The molecule has 140 valence electrons. The van der Waals surface area contributed by atoms with Gasteiger partial charge in [-0.3, -0.25) is 4.98 Å². The summed E-state index contributed by atoms with van der Waals surface area (Å²) in [4.78, 5) is 16.2. The predicted octanol–water partition coefficient (Wildman–Crippen LogP) is 3.18. The van der Waals surface area contributed by atoms with Gasteiger partial charge in [0.05, 0.1) is 19.4 Å². The molecular weight excluding hydrogens is 334 g/mol. The summed E-state index contributed by atoms with van der Waals surface area (Å²) in [6.07, 6.45) is 1.56. The van der Waals surface area contributed by atoms with E-state index in [2.05, 4.69) is 4.98 Å². The fraction of sp³-hybridized carbons (Fsp3) is 0.400. The number of carbonyl (C=O) groups excluding carboxylic acids is 1. The van der Waals surface area contributed by atoms with E-state index in [0.717, 1.165) is 22.8 Å². The highest BCUT2D eigenvalue weighted by atomic mass is 16.6. The van der Waals surface area contributed by atoms with Gasteiger partial charge < -0.3 is 18.9 Å². The molecule has 6 nitrogen and oxygen atoms in total. The van der Waals surface area contributed by atoms with Crippen molar-refractivity contribution in [3.05, 3.63) is 53.9 Å². The largest absolute Gasteiger partial charge is 0.497 e. The molecule has 0 radical (unpaired) electrons. The normalized spacial score (nSPS) is 11.7. The van der Waals surface area contributed by atoms with Crippen LogP contribution in [0, 0.1) is 0 Å². The monoisotopic (exact) mass is 359 g/mol. The van der Waals surface area contributed by atoms with Crippen LogP contribution in [-0.2, 0) is 27.3 Å². The molecule has 1 atom stereocenters. The molecule has 0 spiro atoms. The van der Waals surface area contributed by atoms with Gasteiger partial charge in [-0.1, -0.05) is 12.1 Å². The number of esters is 1. The molecular formula is C20H25NO5. The highest BCUT2D eigenvalue weighted by Gasteiger charge is 2.20. The molecule has 2 rings (SSSR count). The summed E-state index contributed by atoms with van der Waals surface area (Å²) in [5.41, 5.74) is 1.76. The Morgan fingerprint density at radius 1 is 1.08 bits per heavy atom. The zero-order valence-corrected chi connectivity index (χ0v) is 15.4. The average Bonchev–Trinajstić information content (AvgIpc) is 2.67. The molecule has 0 fully saturated rings. The molecule has 26 heavy (non-hydrogen) atoms. The third-order valence-electron chi connectivity index (χ3n) is 3.67. The molecule has 1 heterocycles. The van der Waals surface area contributed by atoms with E-state index in [0.29, 0.717) is 26.2 Å². The molecule has 0 aliphatic carbocycles. The van der Waals surface area contributed by atoms with E-state index in [9.17, 15) is 4.79 Å². The Morgan fingerprint density at radius 3 is 2.50 bits per heavy atom.